The highest BCUT2D eigenvalue weighted by Crippen LogP contribution is 2.36. The second-order valence-corrected chi connectivity index (χ2v) is 5.88. The number of nitrogens with zero attached hydrogens (tertiary/aromatic N) is 1. The molecule has 2 aromatic rings. The van der Waals surface area contributed by atoms with Crippen molar-refractivity contribution in [2.45, 2.75) is 13.1 Å². The molecule has 0 spiro atoms. The number of ketones is 1. The standard InChI is InChI=1S/C18H13ClF3NO5/c1-10(24)9-27-13-4-2-11(3-5-16(25)26)15(7-13)28-17-14(19)6-12(8-23-17)18(20,21)22/h2-8H,9H2,1H3,(H,25,26). The van der Waals surface area contributed by atoms with Gasteiger partial charge in [-0.15, -0.1) is 0 Å². The summed E-state index contributed by atoms with van der Waals surface area (Å²) < 4.78 is 48.9. The lowest BCUT2D eigenvalue weighted by molar-refractivity contribution is -0.138. The molecule has 1 aromatic carbocycles. The summed E-state index contributed by atoms with van der Waals surface area (Å²) >= 11 is 5.83. The summed E-state index contributed by atoms with van der Waals surface area (Å²) in [5, 5.41) is 8.39. The zero-order valence-corrected chi connectivity index (χ0v) is 15.0. The van der Waals surface area contributed by atoms with Gasteiger partial charge in [-0.25, -0.2) is 9.78 Å². The largest absolute Gasteiger partial charge is 0.486 e. The quantitative estimate of drug-likeness (QED) is 0.664. The average molecular weight is 416 g/mol. The van der Waals surface area contributed by atoms with Crippen LogP contribution in [0, 0.1) is 0 Å². The first kappa shape index (κ1) is 21.2. The Labute approximate surface area is 162 Å². The summed E-state index contributed by atoms with van der Waals surface area (Å²) in [5.74, 6) is -1.52. The van der Waals surface area contributed by atoms with Crippen molar-refractivity contribution in [3.05, 3.63) is 52.7 Å². The van der Waals surface area contributed by atoms with Crippen molar-refractivity contribution in [2.75, 3.05) is 6.61 Å². The smallest absolute Gasteiger partial charge is 0.417 e. The van der Waals surface area contributed by atoms with E-state index in [1.807, 2.05) is 0 Å². The van der Waals surface area contributed by atoms with E-state index in [1.54, 1.807) is 0 Å². The van der Waals surface area contributed by atoms with Crippen LogP contribution in [0.5, 0.6) is 17.4 Å². The average Bonchev–Trinajstić information content (AvgIpc) is 2.59. The molecule has 10 heteroatoms. The van der Waals surface area contributed by atoms with Crippen molar-refractivity contribution < 1.29 is 37.3 Å². The van der Waals surface area contributed by atoms with Crippen LogP contribution >= 0.6 is 11.6 Å². The van der Waals surface area contributed by atoms with Gasteiger partial charge in [0.2, 0.25) is 5.88 Å². The Balaban J connectivity index is 2.39. The van der Waals surface area contributed by atoms with Gasteiger partial charge < -0.3 is 14.6 Å². The second-order valence-electron chi connectivity index (χ2n) is 5.47. The van der Waals surface area contributed by atoms with Gasteiger partial charge in [0.1, 0.15) is 23.1 Å². The van der Waals surface area contributed by atoms with Gasteiger partial charge in [0, 0.05) is 23.9 Å². The Morgan fingerprint density at radius 2 is 2.00 bits per heavy atom. The van der Waals surface area contributed by atoms with Gasteiger partial charge in [-0.2, -0.15) is 13.2 Å². The van der Waals surface area contributed by atoms with Crippen LogP contribution in [0.1, 0.15) is 18.1 Å². The van der Waals surface area contributed by atoms with E-state index in [1.165, 1.54) is 31.2 Å². The summed E-state index contributed by atoms with van der Waals surface area (Å²) in [6, 6.07) is 4.91. The first-order valence-corrected chi connectivity index (χ1v) is 8.02. The zero-order valence-electron chi connectivity index (χ0n) is 14.3. The Morgan fingerprint density at radius 1 is 1.29 bits per heavy atom. The molecule has 0 bridgehead atoms. The van der Waals surface area contributed by atoms with Crippen LogP contribution < -0.4 is 9.47 Å². The monoisotopic (exact) mass is 415 g/mol. The number of carbonyl (C=O) groups excluding carboxylic acids is 1. The minimum atomic E-state index is -4.62. The number of carboxylic acid groups (broad SMARTS) is 1. The van der Waals surface area contributed by atoms with E-state index in [2.05, 4.69) is 4.98 Å². The van der Waals surface area contributed by atoms with Gasteiger partial charge in [-0.05, 0) is 31.2 Å². The summed E-state index contributed by atoms with van der Waals surface area (Å²) in [5.41, 5.74) is -0.773. The van der Waals surface area contributed by atoms with Gasteiger partial charge in [0.15, 0.2) is 5.78 Å². The number of hydrogen-bond donors (Lipinski definition) is 1. The number of carbonyl (C=O) groups is 2. The van der Waals surface area contributed by atoms with Crippen molar-refractivity contribution in [1.82, 2.24) is 4.98 Å². The highest BCUT2D eigenvalue weighted by atomic mass is 35.5. The molecular formula is C18H13ClF3NO5. The molecule has 1 N–H and O–H groups in total. The molecular weight excluding hydrogens is 403 g/mol. The summed E-state index contributed by atoms with van der Waals surface area (Å²) in [4.78, 5) is 25.4. The van der Waals surface area contributed by atoms with Gasteiger partial charge in [0.05, 0.1) is 5.56 Å². The van der Waals surface area contributed by atoms with Crippen LogP contribution in [0.4, 0.5) is 13.2 Å². The van der Waals surface area contributed by atoms with Crippen molar-refractivity contribution >= 4 is 29.4 Å². The fourth-order valence-corrected chi connectivity index (χ4v) is 2.14. The van der Waals surface area contributed by atoms with Crippen molar-refractivity contribution in [1.29, 1.82) is 0 Å². The number of alkyl halides is 3. The third-order valence-corrected chi connectivity index (χ3v) is 3.44. The predicted octanol–water partition coefficient (Wildman–Crippen LogP) is 4.61. The lowest BCUT2D eigenvalue weighted by Crippen LogP contribution is -2.07. The number of Topliss-reactive ketones (excluding diaryl/α,β-unsaturated/α-hetero) is 1. The highest BCUT2D eigenvalue weighted by Gasteiger charge is 2.31. The molecule has 1 aromatic heterocycles. The number of aromatic nitrogens is 1. The van der Waals surface area contributed by atoms with E-state index < -0.39 is 22.7 Å². The molecule has 0 radical (unpaired) electrons. The molecule has 28 heavy (non-hydrogen) atoms. The summed E-state index contributed by atoms with van der Waals surface area (Å²) in [6.07, 6.45) is -2.00. The molecule has 0 atom stereocenters. The topological polar surface area (TPSA) is 85.7 Å². The molecule has 0 amide bonds. The second kappa shape index (κ2) is 8.75. The molecule has 148 valence electrons. The number of rotatable bonds is 7. The first-order chi connectivity index (χ1) is 13.1. The highest BCUT2D eigenvalue weighted by molar-refractivity contribution is 6.31. The minimum absolute atomic E-state index is 0.0210. The molecule has 6 nitrogen and oxygen atoms in total. The van der Waals surface area contributed by atoms with Gasteiger partial charge >= 0.3 is 12.1 Å². The summed E-state index contributed by atoms with van der Waals surface area (Å²) in [6.45, 7) is 1.12. The number of hydrogen-bond acceptors (Lipinski definition) is 5. The van der Waals surface area contributed by atoms with Crippen LogP contribution in [-0.2, 0) is 15.8 Å². The summed E-state index contributed by atoms with van der Waals surface area (Å²) in [7, 11) is 0. The van der Waals surface area contributed by atoms with E-state index >= 15 is 0 Å². The molecule has 0 unspecified atom stereocenters. The normalized spacial score (nSPS) is 11.5. The fourth-order valence-electron chi connectivity index (χ4n) is 1.94. The Hall–Kier alpha value is -3.07. The van der Waals surface area contributed by atoms with Crippen LogP contribution in [0.25, 0.3) is 6.08 Å². The zero-order chi connectivity index (χ0) is 20.9. The van der Waals surface area contributed by atoms with Crippen molar-refractivity contribution in [2.24, 2.45) is 0 Å². The molecule has 2 rings (SSSR count). The van der Waals surface area contributed by atoms with E-state index in [-0.39, 0.29) is 35.3 Å². The fraction of sp³-hybridized carbons (Fsp3) is 0.167. The van der Waals surface area contributed by atoms with Crippen LogP contribution in [0.2, 0.25) is 5.02 Å². The molecule has 0 aliphatic rings. The maximum atomic E-state index is 12.7. The minimum Gasteiger partial charge on any atom is -0.486 e. The molecule has 0 aliphatic carbocycles. The Kier molecular flexibility index (Phi) is 6.63. The number of aliphatic carboxylic acids is 1. The van der Waals surface area contributed by atoms with E-state index in [4.69, 9.17) is 26.2 Å². The van der Waals surface area contributed by atoms with E-state index in [0.29, 0.717) is 12.3 Å². The van der Waals surface area contributed by atoms with Crippen LogP contribution in [0.15, 0.2) is 36.5 Å². The maximum Gasteiger partial charge on any atom is 0.417 e. The van der Waals surface area contributed by atoms with Gasteiger partial charge in [-0.3, -0.25) is 4.79 Å². The van der Waals surface area contributed by atoms with E-state index in [9.17, 15) is 22.8 Å². The van der Waals surface area contributed by atoms with Gasteiger partial charge in [-0.1, -0.05) is 11.6 Å². The van der Waals surface area contributed by atoms with E-state index in [0.717, 1.165) is 6.08 Å². The molecule has 0 aliphatic heterocycles. The van der Waals surface area contributed by atoms with Crippen LogP contribution in [-0.4, -0.2) is 28.4 Å². The lowest BCUT2D eigenvalue weighted by atomic mass is 10.1. The SMILES string of the molecule is CC(=O)COc1ccc(C=CC(=O)O)c(Oc2ncc(C(F)(F)F)cc2Cl)c1. The third kappa shape index (κ3) is 5.98. The third-order valence-electron chi connectivity index (χ3n) is 3.17. The Bertz CT molecular complexity index is 928. The number of pyridine rings is 1. The van der Waals surface area contributed by atoms with Gasteiger partial charge in [0.25, 0.3) is 0 Å². The lowest BCUT2D eigenvalue weighted by Gasteiger charge is -2.13. The predicted molar refractivity (Wildman–Crippen MR) is 93.6 cm³/mol. The number of carboxylic acids is 1. The molecule has 0 saturated heterocycles. The Morgan fingerprint density at radius 3 is 2.57 bits per heavy atom. The molecule has 1 heterocycles. The maximum absolute atomic E-state index is 12.7. The van der Waals surface area contributed by atoms with Crippen molar-refractivity contribution in [3.63, 3.8) is 0 Å². The number of benzene rings is 1. The molecule has 0 saturated carbocycles. The molecule has 0 fully saturated rings. The first-order valence-electron chi connectivity index (χ1n) is 7.64. The number of halogens is 4. The van der Waals surface area contributed by atoms with Crippen molar-refractivity contribution in [3.8, 4) is 17.4 Å². The van der Waals surface area contributed by atoms with Crippen LogP contribution in [0.3, 0.4) is 0 Å². The number of ether oxygens (including phenoxy) is 2.